The molecule has 5 N–H and O–H groups in total. The molecule has 1 saturated carbocycles. The number of carboxylic acid groups (broad SMARTS) is 1. The van der Waals surface area contributed by atoms with E-state index in [1.165, 1.54) is 13.2 Å². The fourth-order valence-electron chi connectivity index (χ4n) is 6.79. The lowest BCUT2D eigenvalue weighted by Gasteiger charge is -2.60. The van der Waals surface area contributed by atoms with Crippen molar-refractivity contribution in [1.82, 2.24) is 4.98 Å². The number of ether oxygens (including phenoxy) is 4. The van der Waals surface area contributed by atoms with Crippen LogP contribution in [0, 0.1) is 11.8 Å². The van der Waals surface area contributed by atoms with Gasteiger partial charge in [-0.3, -0.25) is 4.79 Å². The Bertz CT molecular complexity index is 1330. The van der Waals surface area contributed by atoms with E-state index in [-0.39, 0.29) is 44.3 Å². The predicted molar refractivity (Wildman–Crippen MR) is 136 cm³/mol. The topological polar surface area (TPSA) is 186 Å². The van der Waals surface area contributed by atoms with Crippen molar-refractivity contribution in [3.05, 3.63) is 47.1 Å². The monoisotopic (exact) mass is 560 g/mol. The lowest BCUT2D eigenvalue weighted by molar-refractivity contribution is -0.372. The highest BCUT2D eigenvalue weighted by molar-refractivity contribution is 5.90. The van der Waals surface area contributed by atoms with Gasteiger partial charge >= 0.3 is 11.9 Å². The summed E-state index contributed by atoms with van der Waals surface area (Å²) in [6.45, 7) is 3.00. The lowest BCUT2D eigenvalue weighted by Crippen LogP contribution is -2.78. The molecular formula is C28H34NO11-. The highest BCUT2D eigenvalue weighted by Gasteiger charge is 2.69. The van der Waals surface area contributed by atoms with Crippen molar-refractivity contribution in [1.29, 1.82) is 0 Å². The Labute approximate surface area is 229 Å². The van der Waals surface area contributed by atoms with E-state index in [1.54, 1.807) is 18.3 Å². The smallest absolute Gasteiger partial charge is 0.333 e. The molecule has 5 rings (SSSR count). The summed E-state index contributed by atoms with van der Waals surface area (Å²) in [5, 5.41) is 54.6. The number of aromatic nitrogens is 1. The summed E-state index contributed by atoms with van der Waals surface area (Å²) in [7, 11) is 1.21. The molecule has 40 heavy (non-hydrogen) atoms. The van der Waals surface area contributed by atoms with Crippen molar-refractivity contribution in [3.63, 3.8) is 0 Å². The number of nitrogens with zero attached hydrogens (tertiary/aromatic N) is 1. The van der Waals surface area contributed by atoms with Gasteiger partial charge in [0.05, 0.1) is 38.6 Å². The van der Waals surface area contributed by atoms with Crippen molar-refractivity contribution in [3.8, 4) is 0 Å². The maximum Gasteiger partial charge on any atom is 0.333 e. The highest BCUT2D eigenvalue weighted by Crippen LogP contribution is 2.53. The van der Waals surface area contributed by atoms with E-state index in [9.17, 15) is 35.1 Å². The number of aliphatic hydroxyl groups excluding tert-OH is 3. The first kappa shape index (κ1) is 28.5. The molecule has 2 fully saturated rings. The number of aliphatic carboxylic acids is 1. The minimum absolute atomic E-state index is 0.0324. The van der Waals surface area contributed by atoms with Crippen LogP contribution in [0.25, 0.3) is 11.3 Å². The molecule has 0 aromatic carbocycles. The van der Waals surface area contributed by atoms with E-state index in [4.69, 9.17) is 18.9 Å². The number of carbonyl (C=O) groups excluding carboxylic acids is 1. The molecular weight excluding hydrogens is 526 g/mol. The molecule has 8 atom stereocenters. The summed E-state index contributed by atoms with van der Waals surface area (Å²) in [6, 6.07) is 1.77. The fourth-order valence-corrected chi connectivity index (χ4v) is 6.79. The average Bonchev–Trinajstić information content (AvgIpc) is 3.42. The predicted octanol–water partition coefficient (Wildman–Crippen LogP) is -1.56. The Kier molecular flexibility index (Phi) is 7.68. The van der Waals surface area contributed by atoms with Crippen LogP contribution in [0.4, 0.5) is 0 Å². The maximum atomic E-state index is 12.4. The third kappa shape index (κ3) is 4.21. The van der Waals surface area contributed by atoms with Crippen molar-refractivity contribution < 1.29 is 54.1 Å². The quantitative estimate of drug-likeness (QED) is 0.173. The second kappa shape index (κ2) is 10.8. The molecule has 3 heterocycles. The van der Waals surface area contributed by atoms with Crippen LogP contribution in [0.15, 0.2) is 36.6 Å². The Hall–Kier alpha value is -3.00. The normalized spacial score (nSPS) is 36.6. The number of hydrogen-bond acceptors (Lipinski definition) is 10. The Morgan fingerprint density at radius 2 is 2.10 bits per heavy atom. The average molecular weight is 561 g/mol. The minimum atomic E-state index is -1.97. The van der Waals surface area contributed by atoms with E-state index in [1.807, 2.05) is 0 Å². The molecule has 0 radical (unpaired) electrons. The van der Waals surface area contributed by atoms with Gasteiger partial charge in [0.15, 0.2) is 11.9 Å². The van der Waals surface area contributed by atoms with Gasteiger partial charge in [-0.05, 0) is 30.1 Å². The molecule has 2 aliphatic carbocycles. The molecule has 1 aromatic rings. The third-order valence-corrected chi connectivity index (χ3v) is 8.64. The largest absolute Gasteiger partial charge is 0.661 e. The van der Waals surface area contributed by atoms with Crippen molar-refractivity contribution >= 4 is 23.3 Å². The van der Waals surface area contributed by atoms with Crippen LogP contribution >= 0.6 is 0 Å². The number of hydrogen-bond donors (Lipinski definition) is 5. The number of rotatable bonds is 9. The van der Waals surface area contributed by atoms with Crippen LogP contribution < -0.4 is 15.6 Å². The second-order valence-electron chi connectivity index (χ2n) is 10.6. The van der Waals surface area contributed by atoms with Gasteiger partial charge < -0.3 is 49.5 Å². The van der Waals surface area contributed by atoms with Crippen molar-refractivity contribution in [2.75, 3.05) is 20.3 Å². The zero-order valence-electron chi connectivity index (χ0n) is 22.1. The molecule has 2 bridgehead atoms. The van der Waals surface area contributed by atoms with E-state index < -0.39 is 66.2 Å². The fraction of sp³-hybridized carbons (Fsp3) is 0.571. The van der Waals surface area contributed by atoms with Crippen LogP contribution in [0.2, 0.25) is 0 Å². The third-order valence-electron chi connectivity index (χ3n) is 8.64. The van der Waals surface area contributed by atoms with E-state index >= 15 is 0 Å². The first-order valence-corrected chi connectivity index (χ1v) is 13.3. The number of esters is 1. The number of methoxy groups -OCH3 is 1. The van der Waals surface area contributed by atoms with Gasteiger partial charge in [-0.2, -0.15) is 6.20 Å². The van der Waals surface area contributed by atoms with Gasteiger partial charge in [0, 0.05) is 23.8 Å². The number of aliphatic hydroxyl groups is 4. The number of fused-ring (bicyclic) bond motifs is 2. The Morgan fingerprint density at radius 1 is 1.32 bits per heavy atom. The van der Waals surface area contributed by atoms with Gasteiger partial charge in [0.1, 0.15) is 17.8 Å². The molecule has 218 valence electrons. The summed E-state index contributed by atoms with van der Waals surface area (Å²) >= 11 is 0. The van der Waals surface area contributed by atoms with Gasteiger partial charge in [-0.15, -0.1) is 6.58 Å². The SMILES string of the molecule is C=C[C@@H]1[C@H](CC(=O)O)C(C(=O)OC)=CC[C@H]1O[C@@H]1O[C@H](CO)[C@]23OC(CCO)=c4[n-]ccc4=C2CC[C@@]1(O)[C@H]3O. The summed E-state index contributed by atoms with van der Waals surface area (Å²) in [4.78, 5) is 28.4. The van der Waals surface area contributed by atoms with Crippen LogP contribution in [0.1, 0.15) is 32.1 Å². The minimum Gasteiger partial charge on any atom is -0.661 e. The highest BCUT2D eigenvalue weighted by atomic mass is 16.7. The van der Waals surface area contributed by atoms with Crippen LogP contribution in [0.3, 0.4) is 0 Å². The number of carbonyl (C=O) groups is 2. The molecule has 12 nitrogen and oxygen atoms in total. The van der Waals surface area contributed by atoms with Gasteiger partial charge in [0.25, 0.3) is 0 Å². The van der Waals surface area contributed by atoms with Crippen molar-refractivity contribution in [2.24, 2.45) is 11.8 Å². The zero-order chi connectivity index (χ0) is 28.8. The first-order chi connectivity index (χ1) is 19.2. The van der Waals surface area contributed by atoms with Crippen molar-refractivity contribution in [2.45, 2.75) is 67.9 Å². The zero-order valence-corrected chi connectivity index (χ0v) is 22.1. The van der Waals surface area contributed by atoms with E-state index in [2.05, 4.69) is 11.6 Å². The summed E-state index contributed by atoms with van der Waals surface area (Å²) in [6.07, 6.45) is -0.137. The molecule has 0 unspecified atom stereocenters. The molecule has 4 aliphatic rings. The molecule has 1 spiro atoms. The van der Waals surface area contributed by atoms with E-state index in [0.29, 0.717) is 21.9 Å². The van der Waals surface area contributed by atoms with E-state index in [0.717, 1.165) is 0 Å². The van der Waals surface area contributed by atoms with Gasteiger partial charge in [-0.1, -0.05) is 23.6 Å². The van der Waals surface area contributed by atoms with Gasteiger partial charge in [-0.25, -0.2) is 4.79 Å². The van der Waals surface area contributed by atoms with Gasteiger partial charge in [0.2, 0.25) is 0 Å². The maximum absolute atomic E-state index is 12.4. The van der Waals surface area contributed by atoms with Crippen LogP contribution in [0.5, 0.6) is 0 Å². The summed E-state index contributed by atoms with van der Waals surface area (Å²) < 4.78 is 23.6. The van der Waals surface area contributed by atoms with Crippen LogP contribution in [-0.2, 0) is 28.5 Å². The first-order valence-electron chi connectivity index (χ1n) is 13.3. The Balaban J connectivity index is 1.51. The molecule has 2 aliphatic heterocycles. The Morgan fingerprint density at radius 3 is 2.75 bits per heavy atom. The van der Waals surface area contributed by atoms with Crippen LogP contribution in [-0.4, -0.2) is 93.6 Å². The summed E-state index contributed by atoms with van der Waals surface area (Å²) in [5.74, 6) is -2.94. The number of carboxylic acids is 1. The second-order valence-corrected chi connectivity index (χ2v) is 10.6. The molecule has 12 heteroatoms. The molecule has 0 amide bonds. The summed E-state index contributed by atoms with van der Waals surface area (Å²) in [5.41, 5.74) is -2.80. The lowest BCUT2D eigenvalue weighted by atomic mass is 9.63. The molecule has 1 aromatic heterocycles. The standard InChI is InChI=1S/C28H34NO11/c1-3-14-17(12-22(32)33)15(24(34)37-2)4-5-19(14)38-26-27(36)9-6-18-16-7-10-29-23(16)20(8-11-30)40-28(18,25(27)35)21(13-31)39-26/h3-4,7,10,14,17,19,21,25-26,30-31,35-36H,1,5-6,8-9,11-13H2,2H3,(H,32,33)/q-1/t14-,17+,19-,21-,25-,26-,27-,28-/m1/s1. The molecule has 1 saturated heterocycles.